The predicted octanol–water partition coefficient (Wildman–Crippen LogP) is 0.785. The normalized spacial score (nSPS) is 25.1. The Morgan fingerprint density at radius 1 is 1.39 bits per heavy atom. The zero-order valence-electron chi connectivity index (χ0n) is 13.6. The minimum Gasteiger partial charge on any atom is -0.358 e. The molecule has 6 heteroatoms. The Bertz CT molecular complexity index is 577. The molecule has 23 heavy (non-hydrogen) atoms. The number of nitrogens with one attached hydrogen (secondary N) is 1. The van der Waals surface area contributed by atoms with Gasteiger partial charge in [0.25, 0.3) is 0 Å². The lowest BCUT2D eigenvalue weighted by Gasteiger charge is -2.45. The molecule has 0 bridgehead atoms. The van der Waals surface area contributed by atoms with Crippen LogP contribution in [0.3, 0.4) is 0 Å². The Kier molecular flexibility index (Phi) is 4.61. The van der Waals surface area contributed by atoms with Crippen LogP contribution in [-0.4, -0.2) is 58.8 Å². The van der Waals surface area contributed by atoms with Crippen LogP contribution in [0.4, 0.5) is 0 Å². The van der Waals surface area contributed by atoms with Crippen LogP contribution in [0.1, 0.15) is 31.4 Å². The lowest BCUT2D eigenvalue weighted by atomic mass is 9.86. The van der Waals surface area contributed by atoms with E-state index in [1.165, 1.54) is 0 Å². The van der Waals surface area contributed by atoms with Gasteiger partial charge in [-0.05, 0) is 37.9 Å². The van der Waals surface area contributed by atoms with E-state index in [4.69, 9.17) is 0 Å². The molecule has 2 amide bonds. The van der Waals surface area contributed by atoms with Crippen LogP contribution in [-0.2, 0) is 16.1 Å². The highest BCUT2D eigenvalue weighted by Gasteiger charge is 2.47. The van der Waals surface area contributed by atoms with Crippen molar-refractivity contribution in [3.05, 3.63) is 30.1 Å². The van der Waals surface area contributed by atoms with E-state index in [9.17, 15) is 9.59 Å². The number of amides is 2. The summed E-state index contributed by atoms with van der Waals surface area (Å²) < 4.78 is 0. The molecule has 0 aliphatic carbocycles. The van der Waals surface area contributed by atoms with Crippen LogP contribution in [0.15, 0.2) is 24.4 Å². The summed E-state index contributed by atoms with van der Waals surface area (Å²) in [6.07, 6.45) is 5.24. The molecule has 0 unspecified atom stereocenters. The quantitative estimate of drug-likeness (QED) is 0.892. The third kappa shape index (κ3) is 3.37. The summed E-state index contributed by atoms with van der Waals surface area (Å²) in [6.45, 7) is 2.81. The van der Waals surface area contributed by atoms with Crippen LogP contribution in [0.25, 0.3) is 0 Å². The van der Waals surface area contributed by atoms with Crippen molar-refractivity contribution >= 4 is 11.8 Å². The Hall–Kier alpha value is -1.95. The maximum Gasteiger partial charge on any atom is 0.239 e. The standard InChI is InChI=1S/C17H24N4O2/c1-18-15(22)12-21-16(23)6-8-17(21)7-4-10-20(13-17)11-14-5-2-3-9-19-14/h2-3,5,9H,4,6-8,10-13H2,1H3,(H,18,22)/t17-/m0/s1. The van der Waals surface area contributed by atoms with Gasteiger partial charge in [0.1, 0.15) is 6.54 Å². The largest absolute Gasteiger partial charge is 0.358 e. The van der Waals surface area contributed by atoms with Gasteiger partial charge in [-0.25, -0.2) is 0 Å². The summed E-state index contributed by atoms with van der Waals surface area (Å²) in [7, 11) is 1.61. The number of hydrogen-bond acceptors (Lipinski definition) is 4. The molecule has 124 valence electrons. The maximum atomic E-state index is 12.3. The highest BCUT2D eigenvalue weighted by Crippen LogP contribution is 2.38. The number of carbonyl (C=O) groups excluding carboxylic acids is 2. The Morgan fingerprint density at radius 2 is 2.26 bits per heavy atom. The molecule has 1 N–H and O–H groups in total. The zero-order valence-corrected chi connectivity index (χ0v) is 13.6. The van der Waals surface area contributed by atoms with E-state index in [-0.39, 0.29) is 23.9 Å². The van der Waals surface area contributed by atoms with Gasteiger partial charge < -0.3 is 10.2 Å². The lowest BCUT2D eigenvalue weighted by Crippen LogP contribution is -2.58. The molecule has 2 aliphatic rings. The Labute approximate surface area is 136 Å². The number of likely N-dealkylation sites (N-methyl/N-ethyl adjacent to an activating group) is 1. The summed E-state index contributed by atoms with van der Waals surface area (Å²) in [4.78, 5) is 32.6. The predicted molar refractivity (Wildman–Crippen MR) is 86.5 cm³/mol. The van der Waals surface area contributed by atoms with E-state index in [2.05, 4.69) is 15.2 Å². The Morgan fingerprint density at radius 3 is 3.00 bits per heavy atom. The second-order valence-electron chi connectivity index (χ2n) is 6.51. The second-order valence-corrected chi connectivity index (χ2v) is 6.51. The van der Waals surface area contributed by atoms with Gasteiger partial charge in [0.2, 0.25) is 11.8 Å². The minimum atomic E-state index is -0.184. The summed E-state index contributed by atoms with van der Waals surface area (Å²) in [5.41, 5.74) is 0.864. The van der Waals surface area contributed by atoms with Crippen molar-refractivity contribution in [3.8, 4) is 0 Å². The Balaban J connectivity index is 1.72. The minimum absolute atomic E-state index is 0.0959. The molecule has 1 aromatic heterocycles. The van der Waals surface area contributed by atoms with Crippen molar-refractivity contribution in [2.45, 2.75) is 37.8 Å². The van der Waals surface area contributed by atoms with E-state index in [1.807, 2.05) is 29.3 Å². The first-order valence-corrected chi connectivity index (χ1v) is 8.26. The molecule has 3 heterocycles. The van der Waals surface area contributed by atoms with Gasteiger partial charge in [-0.3, -0.25) is 19.5 Å². The molecule has 6 nitrogen and oxygen atoms in total. The number of likely N-dealkylation sites (tertiary alicyclic amines) is 2. The average Bonchev–Trinajstić information content (AvgIpc) is 2.85. The molecule has 2 fully saturated rings. The average molecular weight is 316 g/mol. The van der Waals surface area contributed by atoms with Gasteiger partial charge in [-0.15, -0.1) is 0 Å². The molecule has 2 saturated heterocycles. The van der Waals surface area contributed by atoms with Crippen LogP contribution in [0.5, 0.6) is 0 Å². The lowest BCUT2D eigenvalue weighted by molar-refractivity contribution is -0.138. The van der Waals surface area contributed by atoms with E-state index in [0.29, 0.717) is 6.42 Å². The van der Waals surface area contributed by atoms with Crippen LogP contribution >= 0.6 is 0 Å². The van der Waals surface area contributed by atoms with Crippen molar-refractivity contribution in [1.29, 1.82) is 0 Å². The second kappa shape index (κ2) is 6.66. The SMILES string of the molecule is CNC(=O)CN1C(=O)CC[C@]12CCCN(Cc1ccccn1)C2. The van der Waals surface area contributed by atoms with Crippen molar-refractivity contribution in [1.82, 2.24) is 20.1 Å². The molecule has 0 aromatic carbocycles. The monoisotopic (exact) mass is 316 g/mol. The number of pyridine rings is 1. The van der Waals surface area contributed by atoms with Crippen LogP contribution in [0.2, 0.25) is 0 Å². The van der Waals surface area contributed by atoms with Crippen molar-refractivity contribution < 1.29 is 9.59 Å². The molecular formula is C17H24N4O2. The fourth-order valence-electron chi connectivity index (χ4n) is 3.84. The third-order valence-electron chi connectivity index (χ3n) is 5.00. The van der Waals surface area contributed by atoms with Gasteiger partial charge in [0.15, 0.2) is 0 Å². The van der Waals surface area contributed by atoms with Crippen LogP contribution in [0, 0.1) is 0 Å². The van der Waals surface area contributed by atoms with Gasteiger partial charge in [0, 0.05) is 32.8 Å². The van der Waals surface area contributed by atoms with Crippen molar-refractivity contribution in [3.63, 3.8) is 0 Å². The molecule has 2 aliphatic heterocycles. The zero-order chi connectivity index (χ0) is 16.3. The van der Waals surface area contributed by atoms with E-state index in [0.717, 1.165) is 44.6 Å². The van der Waals surface area contributed by atoms with Gasteiger partial charge in [-0.2, -0.15) is 0 Å². The fourth-order valence-corrected chi connectivity index (χ4v) is 3.84. The van der Waals surface area contributed by atoms with Gasteiger partial charge in [-0.1, -0.05) is 6.07 Å². The van der Waals surface area contributed by atoms with E-state index >= 15 is 0 Å². The topological polar surface area (TPSA) is 65.5 Å². The molecule has 0 radical (unpaired) electrons. The highest BCUT2D eigenvalue weighted by molar-refractivity contribution is 5.86. The first kappa shape index (κ1) is 15.9. The molecule has 1 spiro atoms. The maximum absolute atomic E-state index is 12.3. The molecule has 1 aromatic rings. The van der Waals surface area contributed by atoms with E-state index in [1.54, 1.807) is 7.05 Å². The molecular weight excluding hydrogens is 292 g/mol. The smallest absolute Gasteiger partial charge is 0.239 e. The summed E-state index contributed by atoms with van der Waals surface area (Å²) >= 11 is 0. The van der Waals surface area contributed by atoms with Gasteiger partial charge >= 0.3 is 0 Å². The number of nitrogens with zero attached hydrogens (tertiary/aromatic N) is 3. The molecule has 3 rings (SSSR count). The highest BCUT2D eigenvalue weighted by atomic mass is 16.2. The third-order valence-corrected chi connectivity index (χ3v) is 5.00. The number of hydrogen-bond donors (Lipinski definition) is 1. The fraction of sp³-hybridized carbons (Fsp3) is 0.588. The van der Waals surface area contributed by atoms with Crippen molar-refractivity contribution in [2.75, 3.05) is 26.7 Å². The number of carbonyl (C=O) groups is 2. The van der Waals surface area contributed by atoms with Crippen LogP contribution < -0.4 is 5.32 Å². The first-order valence-electron chi connectivity index (χ1n) is 8.26. The summed E-state index contributed by atoms with van der Waals surface area (Å²) in [5, 5.41) is 2.63. The number of rotatable bonds is 4. The summed E-state index contributed by atoms with van der Waals surface area (Å²) in [5.74, 6) is 0.00904. The van der Waals surface area contributed by atoms with Gasteiger partial charge in [0.05, 0.1) is 11.2 Å². The number of piperidine rings is 1. The first-order chi connectivity index (χ1) is 11.1. The molecule has 0 saturated carbocycles. The summed E-state index contributed by atoms with van der Waals surface area (Å²) in [6, 6.07) is 5.95. The van der Waals surface area contributed by atoms with Crippen molar-refractivity contribution in [2.24, 2.45) is 0 Å². The van der Waals surface area contributed by atoms with E-state index < -0.39 is 0 Å². The molecule has 1 atom stereocenters. The number of aromatic nitrogens is 1.